The van der Waals surface area contributed by atoms with Gasteiger partial charge in [0.05, 0.1) is 17.3 Å². The Kier molecular flexibility index (Phi) is 6.92. The minimum atomic E-state index is -3.23. The molecule has 0 bridgehead atoms. The fraction of sp³-hybridized carbons (Fsp3) is 0.381. The smallest absolute Gasteiger partial charge is 0.190 e. The van der Waals surface area contributed by atoms with E-state index in [4.69, 9.17) is 4.74 Å². The van der Waals surface area contributed by atoms with Crippen LogP contribution in [-0.4, -0.2) is 46.9 Å². The van der Waals surface area contributed by atoms with Crippen LogP contribution in [0.15, 0.2) is 58.4 Å². The Morgan fingerprint density at radius 3 is 2.68 bits per heavy atom. The summed E-state index contributed by atoms with van der Waals surface area (Å²) in [6.45, 7) is 2.07. The monoisotopic (exact) mass is 401 g/mol. The number of rotatable bonds is 8. The van der Waals surface area contributed by atoms with Gasteiger partial charge in [-0.2, -0.15) is 0 Å². The van der Waals surface area contributed by atoms with Gasteiger partial charge in [0.25, 0.3) is 0 Å². The van der Waals surface area contributed by atoms with E-state index in [0.717, 1.165) is 31.7 Å². The van der Waals surface area contributed by atoms with Gasteiger partial charge in [-0.3, -0.25) is 4.99 Å². The van der Waals surface area contributed by atoms with Gasteiger partial charge in [0.2, 0.25) is 0 Å². The number of hydrogen-bond donors (Lipinski definition) is 2. The van der Waals surface area contributed by atoms with Gasteiger partial charge in [-0.1, -0.05) is 30.3 Å². The van der Waals surface area contributed by atoms with Gasteiger partial charge in [0.1, 0.15) is 5.75 Å². The maximum Gasteiger partial charge on any atom is 0.190 e. The van der Waals surface area contributed by atoms with Gasteiger partial charge in [0.15, 0.2) is 15.8 Å². The van der Waals surface area contributed by atoms with Crippen LogP contribution < -0.4 is 15.4 Å². The van der Waals surface area contributed by atoms with Gasteiger partial charge in [-0.25, -0.2) is 8.42 Å². The number of nitrogens with zero attached hydrogens (tertiary/aromatic N) is 1. The van der Waals surface area contributed by atoms with Crippen molar-refractivity contribution in [3.63, 3.8) is 0 Å². The first-order chi connectivity index (χ1) is 13.6. The zero-order valence-corrected chi connectivity index (χ0v) is 17.0. The van der Waals surface area contributed by atoms with Crippen LogP contribution in [0.2, 0.25) is 0 Å². The lowest BCUT2D eigenvalue weighted by Crippen LogP contribution is -2.39. The van der Waals surface area contributed by atoms with E-state index in [1.165, 1.54) is 11.1 Å². The van der Waals surface area contributed by atoms with Crippen LogP contribution >= 0.6 is 0 Å². The predicted octanol–water partition coefficient (Wildman–Crippen LogP) is 2.19. The Hall–Kier alpha value is -2.54. The lowest BCUT2D eigenvalue weighted by atomic mass is 10.1. The third-order valence-electron chi connectivity index (χ3n) is 4.67. The molecule has 0 radical (unpaired) electrons. The molecule has 0 unspecified atom stereocenters. The van der Waals surface area contributed by atoms with Gasteiger partial charge >= 0.3 is 0 Å². The molecule has 0 aliphatic carbocycles. The average molecular weight is 402 g/mol. The number of fused-ring (bicyclic) bond motifs is 1. The molecule has 1 heterocycles. The Labute approximate surface area is 167 Å². The van der Waals surface area contributed by atoms with E-state index in [0.29, 0.717) is 23.8 Å². The fourth-order valence-corrected chi connectivity index (χ4v) is 4.49. The first-order valence-electron chi connectivity index (χ1n) is 9.55. The number of ether oxygens (including phenoxy) is 1. The Morgan fingerprint density at radius 2 is 1.89 bits per heavy atom. The number of hydrogen-bond acceptors (Lipinski definition) is 4. The summed E-state index contributed by atoms with van der Waals surface area (Å²) in [5.41, 5.74) is 2.54. The summed E-state index contributed by atoms with van der Waals surface area (Å²) in [5.74, 6) is 1.79. The van der Waals surface area contributed by atoms with Crippen molar-refractivity contribution in [3.05, 3.63) is 59.7 Å². The molecular weight excluding hydrogens is 374 g/mol. The highest BCUT2D eigenvalue weighted by Gasteiger charge is 2.13. The van der Waals surface area contributed by atoms with E-state index in [2.05, 4.69) is 27.8 Å². The van der Waals surface area contributed by atoms with Crippen LogP contribution in [0.5, 0.6) is 5.75 Å². The topological polar surface area (TPSA) is 79.8 Å². The molecule has 0 atom stereocenters. The zero-order valence-electron chi connectivity index (χ0n) is 16.1. The van der Waals surface area contributed by atoms with Crippen LogP contribution in [0, 0.1) is 0 Å². The van der Waals surface area contributed by atoms with Crippen molar-refractivity contribution in [2.24, 2.45) is 4.99 Å². The minimum absolute atomic E-state index is 0.109. The molecule has 2 aromatic rings. The normalized spacial score (nSPS) is 13.7. The highest BCUT2D eigenvalue weighted by atomic mass is 32.2. The molecule has 0 aromatic heterocycles. The van der Waals surface area contributed by atoms with E-state index in [1.807, 2.05) is 12.1 Å². The van der Waals surface area contributed by atoms with Crippen molar-refractivity contribution < 1.29 is 13.2 Å². The summed E-state index contributed by atoms with van der Waals surface area (Å²) in [6.07, 6.45) is 2.38. The molecule has 0 saturated carbocycles. The number of aliphatic imine (C=N–C) groups is 1. The maximum absolute atomic E-state index is 12.3. The summed E-state index contributed by atoms with van der Waals surface area (Å²) in [6, 6.07) is 14.9. The predicted molar refractivity (Wildman–Crippen MR) is 112 cm³/mol. The molecule has 7 heteroatoms. The van der Waals surface area contributed by atoms with Gasteiger partial charge in [-0.15, -0.1) is 0 Å². The van der Waals surface area contributed by atoms with E-state index < -0.39 is 9.84 Å². The summed E-state index contributed by atoms with van der Waals surface area (Å²) in [5, 5.41) is 6.45. The highest BCUT2D eigenvalue weighted by molar-refractivity contribution is 7.91. The molecular formula is C21H27N3O3S. The standard InChI is InChI=1S/C21H27N3O3S/c1-22-21(23-12-5-15-28(25,26)19-6-3-2-4-7-19)24-13-10-17-8-9-20-18(16-17)11-14-27-20/h2-4,6-9,16H,5,10-15H2,1H3,(H2,22,23,24). The van der Waals surface area contributed by atoms with Crippen LogP contribution in [0.25, 0.3) is 0 Å². The van der Waals surface area contributed by atoms with Crippen molar-refractivity contribution in [2.45, 2.75) is 24.2 Å². The molecule has 2 N–H and O–H groups in total. The average Bonchev–Trinajstić information content (AvgIpc) is 3.18. The molecule has 3 rings (SSSR count). The Morgan fingerprint density at radius 1 is 1.11 bits per heavy atom. The molecule has 0 fully saturated rings. The van der Waals surface area contributed by atoms with Gasteiger partial charge < -0.3 is 15.4 Å². The molecule has 0 saturated heterocycles. The molecule has 6 nitrogen and oxygen atoms in total. The second-order valence-electron chi connectivity index (χ2n) is 6.70. The summed E-state index contributed by atoms with van der Waals surface area (Å²) in [4.78, 5) is 4.57. The van der Waals surface area contributed by atoms with E-state index in [1.54, 1.807) is 31.3 Å². The second-order valence-corrected chi connectivity index (χ2v) is 8.81. The summed E-state index contributed by atoms with van der Waals surface area (Å²) in [7, 11) is -1.52. The van der Waals surface area contributed by atoms with Crippen molar-refractivity contribution in [3.8, 4) is 5.75 Å². The van der Waals surface area contributed by atoms with Crippen LogP contribution in [0.4, 0.5) is 0 Å². The minimum Gasteiger partial charge on any atom is -0.493 e. The van der Waals surface area contributed by atoms with Crippen molar-refractivity contribution in [1.82, 2.24) is 10.6 Å². The zero-order chi connectivity index (χ0) is 19.8. The fourth-order valence-electron chi connectivity index (χ4n) is 3.16. The van der Waals surface area contributed by atoms with E-state index in [-0.39, 0.29) is 5.75 Å². The molecule has 1 aliphatic rings. The van der Waals surface area contributed by atoms with E-state index in [9.17, 15) is 8.42 Å². The van der Waals surface area contributed by atoms with Gasteiger partial charge in [0, 0.05) is 26.6 Å². The maximum atomic E-state index is 12.3. The van der Waals surface area contributed by atoms with Crippen LogP contribution in [0.3, 0.4) is 0 Å². The van der Waals surface area contributed by atoms with E-state index >= 15 is 0 Å². The van der Waals surface area contributed by atoms with Crippen LogP contribution in [-0.2, 0) is 22.7 Å². The largest absolute Gasteiger partial charge is 0.493 e. The third kappa shape index (κ3) is 5.48. The van der Waals surface area contributed by atoms with Crippen molar-refractivity contribution in [1.29, 1.82) is 0 Å². The molecule has 2 aromatic carbocycles. The first kappa shape index (κ1) is 20.2. The molecule has 150 valence electrons. The first-order valence-corrected chi connectivity index (χ1v) is 11.2. The van der Waals surface area contributed by atoms with Crippen molar-refractivity contribution in [2.75, 3.05) is 32.5 Å². The number of sulfone groups is 1. The number of benzene rings is 2. The number of nitrogens with one attached hydrogen (secondary N) is 2. The SMILES string of the molecule is CN=C(NCCCS(=O)(=O)c1ccccc1)NCCc1ccc2c(c1)CCO2. The molecule has 0 spiro atoms. The quantitative estimate of drug-likeness (QED) is 0.403. The second kappa shape index (κ2) is 9.59. The molecule has 28 heavy (non-hydrogen) atoms. The number of guanidine groups is 1. The van der Waals surface area contributed by atoms with Crippen molar-refractivity contribution >= 4 is 15.8 Å². The Bertz CT molecular complexity index is 912. The molecule has 1 aliphatic heterocycles. The summed E-state index contributed by atoms with van der Waals surface area (Å²) < 4.78 is 30.1. The van der Waals surface area contributed by atoms with Gasteiger partial charge in [-0.05, 0) is 42.2 Å². The lowest BCUT2D eigenvalue weighted by Gasteiger charge is -2.12. The highest BCUT2D eigenvalue weighted by Crippen LogP contribution is 2.25. The molecule has 0 amide bonds. The third-order valence-corrected chi connectivity index (χ3v) is 6.48. The Balaban J connectivity index is 1.38. The van der Waals surface area contributed by atoms with Crippen LogP contribution in [0.1, 0.15) is 17.5 Å². The lowest BCUT2D eigenvalue weighted by molar-refractivity contribution is 0.357. The summed E-state index contributed by atoms with van der Waals surface area (Å²) >= 11 is 0.